The van der Waals surface area contributed by atoms with Gasteiger partial charge < -0.3 is 9.30 Å². The number of benzene rings is 2. The molecular formula is C22H20N2O2S. The van der Waals surface area contributed by atoms with E-state index in [1.807, 2.05) is 66.2 Å². The lowest BCUT2D eigenvalue weighted by Crippen LogP contribution is -2.13. The van der Waals surface area contributed by atoms with Gasteiger partial charge in [0.15, 0.2) is 5.75 Å². The van der Waals surface area contributed by atoms with Crippen LogP contribution < -0.4 is 10.2 Å². The second kappa shape index (κ2) is 9.11. The van der Waals surface area contributed by atoms with Crippen LogP contribution in [0.4, 0.5) is 0 Å². The van der Waals surface area contributed by atoms with Crippen molar-refractivity contribution >= 4 is 11.8 Å². The number of aryl methyl sites for hydroxylation is 1. The number of aromatic nitrogens is 1. The summed E-state index contributed by atoms with van der Waals surface area (Å²) in [6, 6.07) is 21.1. The summed E-state index contributed by atoms with van der Waals surface area (Å²) >= 11 is 1.73. The summed E-state index contributed by atoms with van der Waals surface area (Å²) in [7, 11) is 1.92. The molecule has 0 radical (unpaired) electrons. The molecule has 0 amide bonds. The standard InChI is InChI=1S/C22H20N2O2S/c1-24-13-22(26-14-18-5-3-2-4-6-18)21(25)11-20(24)16-27-15-19-9-7-17(12-23)8-10-19/h2-11,13H,14-16H2,1H3. The van der Waals surface area contributed by atoms with E-state index in [1.165, 1.54) is 0 Å². The molecule has 0 fully saturated rings. The number of thioether (sulfide) groups is 1. The zero-order chi connectivity index (χ0) is 19.1. The third-order valence-electron chi connectivity index (χ3n) is 4.14. The summed E-state index contributed by atoms with van der Waals surface area (Å²) < 4.78 is 7.63. The first-order valence-corrected chi connectivity index (χ1v) is 9.74. The van der Waals surface area contributed by atoms with Crippen molar-refractivity contribution in [3.63, 3.8) is 0 Å². The van der Waals surface area contributed by atoms with Crippen LogP contribution in [-0.4, -0.2) is 4.57 Å². The number of pyridine rings is 1. The summed E-state index contributed by atoms with van der Waals surface area (Å²) in [5, 5.41) is 8.84. The minimum atomic E-state index is -0.0991. The molecule has 4 nitrogen and oxygen atoms in total. The molecule has 0 N–H and O–H groups in total. The molecular weight excluding hydrogens is 356 g/mol. The van der Waals surface area contributed by atoms with Gasteiger partial charge in [0.2, 0.25) is 5.43 Å². The predicted molar refractivity (Wildman–Crippen MR) is 109 cm³/mol. The Morgan fingerprint density at radius 2 is 1.78 bits per heavy atom. The summed E-state index contributed by atoms with van der Waals surface area (Å²) in [5.41, 5.74) is 3.70. The maximum atomic E-state index is 12.3. The molecule has 0 saturated carbocycles. The summed E-state index contributed by atoms with van der Waals surface area (Å²) in [5.74, 6) is 1.92. The Bertz CT molecular complexity index is 990. The summed E-state index contributed by atoms with van der Waals surface area (Å²) in [6.45, 7) is 0.378. The number of nitriles is 1. The second-order valence-corrected chi connectivity index (χ2v) is 7.17. The van der Waals surface area contributed by atoms with Gasteiger partial charge in [0, 0.05) is 30.3 Å². The lowest BCUT2D eigenvalue weighted by atomic mass is 10.2. The molecule has 0 unspecified atom stereocenters. The highest BCUT2D eigenvalue weighted by molar-refractivity contribution is 7.97. The second-order valence-electron chi connectivity index (χ2n) is 6.18. The van der Waals surface area contributed by atoms with E-state index in [-0.39, 0.29) is 5.43 Å². The average Bonchev–Trinajstić information content (AvgIpc) is 2.70. The lowest BCUT2D eigenvalue weighted by molar-refractivity contribution is 0.300. The van der Waals surface area contributed by atoms with E-state index < -0.39 is 0 Å². The van der Waals surface area contributed by atoms with Gasteiger partial charge in [-0.05, 0) is 23.3 Å². The molecule has 0 aliphatic heterocycles. The zero-order valence-corrected chi connectivity index (χ0v) is 15.9. The van der Waals surface area contributed by atoms with Crippen molar-refractivity contribution in [2.45, 2.75) is 18.1 Å². The van der Waals surface area contributed by atoms with Crippen LogP contribution in [-0.2, 0) is 25.2 Å². The van der Waals surface area contributed by atoms with E-state index >= 15 is 0 Å². The van der Waals surface area contributed by atoms with Crippen LogP contribution in [0.2, 0.25) is 0 Å². The van der Waals surface area contributed by atoms with Gasteiger partial charge in [-0.3, -0.25) is 4.79 Å². The molecule has 0 saturated heterocycles. The first kappa shape index (κ1) is 18.8. The molecule has 0 aliphatic rings. The number of rotatable bonds is 7. The number of hydrogen-bond acceptors (Lipinski definition) is 4. The van der Waals surface area contributed by atoms with Crippen LogP contribution in [0.25, 0.3) is 0 Å². The van der Waals surface area contributed by atoms with E-state index in [4.69, 9.17) is 10.00 Å². The van der Waals surface area contributed by atoms with Crippen molar-refractivity contribution in [2.75, 3.05) is 0 Å². The number of nitrogens with zero attached hydrogens (tertiary/aromatic N) is 2. The van der Waals surface area contributed by atoms with Gasteiger partial charge in [0.1, 0.15) is 6.61 Å². The normalized spacial score (nSPS) is 10.4. The van der Waals surface area contributed by atoms with E-state index in [2.05, 4.69) is 6.07 Å². The molecule has 3 rings (SSSR count). The summed E-state index contributed by atoms with van der Waals surface area (Å²) in [4.78, 5) is 12.3. The fourth-order valence-electron chi connectivity index (χ4n) is 2.58. The fraction of sp³-hybridized carbons (Fsp3) is 0.182. The number of ether oxygens (including phenoxy) is 1. The SMILES string of the molecule is Cn1cc(OCc2ccccc2)c(=O)cc1CSCc1ccc(C#N)cc1. The third kappa shape index (κ3) is 5.25. The van der Waals surface area contributed by atoms with Crippen LogP contribution >= 0.6 is 11.8 Å². The predicted octanol–water partition coefficient (Wildman–Crippen LogP) is 4.27. The first-order chi connectivity index (χ1) is 13.2. The van der Waals surface area contributed by atoms with Crippen LogP contribution in [0.15, 0.2) is 71.7 Å². The molecule has 3 aromatic rings. The van der Waals surface area contributed by atoms with E-state index in [0.717, 1.165) is 28.3 Å². The van der Waals surface area contributed by atoms with Gasteiger partial charge in [0.05, 0.1) is 17.8 Å². The first-order valence-electron chi connectivity index (χ1n) is 8.59. The van der Waals surface area contributed by atoms with Gasteiger partial charge in [-0.15, -0.1) is 0 Å². The molecule has 0 atom stereocenters. The van der Waals surface area contributed by atoms with Crippen molar-refractivity contribution in [3.05, 3.63) is 99.5 Å². The molecule has 2 aromatic carbocycles. The Balaban J connectivity index is 1.59. The van der Waals surface area contributed by atoms with E-state index in [1.54, 1.807) is 24.0 Å². The Hall–Kier alpha value is -2.97. The van der Waals surface area contributed by atoms with Crippen molar-refractivity contribution in [3.8, 4) is 11.8 Å². The molecule has 27 heavy (non-hydrogen) atoms. The largest absolute Gasteiger partial charge is 0.483 e. The maximum Gasteiger partial charge on any atom is 0.223 e. The Morgan fingerprint density at radius 3 is 2.48 bits per heavy atom. The highest BCUT2D eigenvalue weighted by atomic mass is 32.2. The van der Waals surface area contributed by atoms with Gasteiger partial charge >= 0.3 is 0 Å². The highest BCUT2D eigenvalue weighted by Gasteiger charge is 2.07. The topological polar surface area (TPSA) is 55.0 Å². The smallest absolute Gasteiger partial charge is 0.223 e. The monoisotopic (exact) mass is 376 g/mol. The van der Waals surface area contributed by atoms with Gasteiger partial charge in [-0.2, -0.15) is 17.0 Å². The van der Waals surface area contributed by atoms with E-state index in [9.17, 15) is 4.79 Å². The van der Waals surface area contributed by atoms with Gasteiger partial charge in [-0.1, -0.05) is 42.5 Å². The molecule has 0 spiro atoms. The van der Waals surface area contributed by atoms with Crippen LogP contribution in [0.1, 0.15) is 22.4 Å². The Kier molecular flexibility index (Phi) is 6.35. The van der Waals surface area contributed by atoms with Crippen LogP contribution in [0.3, 0.4) is 0 Å². The maximum absolute atomic E-state index is 12.3. The number of hydrogen-bond donors (Lipinski definition) is 0. The molecule has 0 bridgehead atoms. The van der Waals surface area contributed by atoms with Crippen LogP contribution in [0.5, 0.6) is 5.75 Å². The Morgan fingerprint density at radius 1 is 1.04 bits per heavy atom. The van der Waals surface area contributed by atoms with E-state index in [0.29, 0.717) is 17.9 Å². The minimum absolute atomic E-state index is 0.0991. The summed E-state index contributed by atoms with van der Waals surface area (Å²) in [6.07, 6.45) is 1.75. The molecule has 1 aromatic heterocycles. The van der Waals surface area contributed by atoms with Crippen molar-refractivity contribution in [1.82, 2.24) is 4.57 Å². The molecule has 0 aliphatic carbocycles. The molecule has 136 valence electrons. The molecule has 1 heterocycles. The van der Waals surface area contributed by atoms with Gasteiger partial charge in [0.25, 0.3) is 0 Å². The zero-order valence-electron chi connectivity index (χ0n) is 15.1. The highest BCUT2D eigenvalue weighted by Crippen LogP contribution is 2.18. The lowest BCUT2D eigenvalue weighted by Gasteiger charge is -2.12. The average molecular weight is 376 g/mol. The van der Waals surface area contributed by atoms with Crippen molar-refractivity contribution in [2.24, 2.45) is 7.05 Å². The minimum Gasteiger partial charge on any atom is -0.483 e. The molecule has 5 heteroatoms. The van der Waals surface area contributed by atoms with Crippen LogP contribution in [0, 0.1) is 11.3 Å². The fourth-order valence-corrected chi connectivity index (χ4v) is 3.61. The quantitative estimate of drug-likeness (QED) is 0.618. The van der Waals surface area contributed by atoms with Crippen molar-refractivity contribution in [1.29, 1.82) is 5.26 Å². The van der Waals surface area contributed by atoms with Gasteiger partial charge in [-0.25, -0.2) is 0 Å². The van der Waals surface area contributed by atoms with Crippen molar-refractivity contribution < 1.29 is 4.74 Å². The third-order valence-corrected chi connectivity index (χ3v) is 5.18. The Labute approximate surface area is 163 Å².